The zero-order chi connectivity index (χ0) is 20.1. The van der Waals surface area contributed by atoms with Crippen LogP contribution in [-0.2, 0) is 14.8 Å². The van der Waals surface area contributed by atoms with Crippen molar-refractivity contribution in [1.29, 1.82) is 0 Å². The van der Waals surface area contributed by atoms with Gasteiger partial charge in [0.2, 0.25) is 15.9 Å². The van der Waals surface area contributed by atoms with Crippen molar-refractivity contribution in [2.45, 2.75) is 11.3 Å². The summed E-state index contributed by atoms with van der Waals surface area (Å²) in [5, 5.41) is 0.453. The molecule has 1 amide bonds. The molecule has 1 N–H and O–H groups in total. The number of piperazine rings is 1. The van der Waals surface area contributed by atoms with Crippen LogP contribution in [0.2, 0.25) is 5.02 Å². The number of anilines is 1. The Kier molecular flexibility index (Phi) is 6.53. The van der Waals surface area contributed by atoms with Crippen molar-refractivity contribution in [2.75, 3.05) is 37.6 Å². The molecule has 150 valence electrons. The SMILES string of the molecule is O=C(CCNS(=O)(=O)c1ccc(Cl)cc1)N1CCN(c2ccc(F)cc2)CC1. The molecule has 1 saturated heterocycles. The highest BCUT2D eigenvalue weighted by Crippen LogP contribution is 2.17. The zero-order valence-electron chi connectivity index (χ0n) is 15.1. The maximum Gasteiger partial charge on any atom is 0.240 e. The second kappa shape index (κ2) is 8.89. The Bertz CT molecular complexity index is 912. The van der Waals surface area contributed by atoms with Gasteiger partial charge in [-0.2, -0.15) is 0 Å². The van der Waals surface area contributed by atoms with Gasteiger partial charge in [-0.1, -0.05) is 11.6 Å². The van der Waals surface area contributed by atoms with Gasteiger partial charge in [0.25, 0.3) is 0 Å². The lowest BCUT2D eigenvalue weighted by molar-refractivity contribution is -0.131. The van der Waals surface area contributed by atoms with Gasteiger partial charge in [0, 0.05) is 49.9 Å². The lowest BCUT2D eigenvalue weighted by Crippen LogP contribution is -2.49. The first kappa shape index (κ1) is 20.6. The molecule has 6 nitrogen and oxygen atoms in total. The number of halogens is 2. The Morgan fingerprint density at radius 3 is 2.21 bits per heavy atom. The second-order valence-electron chi connectivity index (χ2n) is 6.45. The molecule has 28 heavy (non-hydrogen) atoms. The molecule has 0 saturated carbocycles. The van der Waals surface area contributed by atoms with Crippen LogP contribution in [0, 0.1) is 5.82 Å². The minimum absolute atomic E-state index is 0.0297. The van der Waals surface area contributed by atoms with Gasteiger partial charge in [0.05, 0.1) is 4.90 Å². The fourth-order valence-electron chi connectivity index (χ4n) is 3.01. The van der Waals surface area contributed by atoms with E-state index in [-0.39, 0.29) is 29.6 Å². The fraction of sp³-hybridized carbons (Fsp3) is 0.316. The van der Waals surface area contributed by atoms with Gasteiger partial charge in [-0.25, -0.2) is 17.5 Å². The Balaban J connectivity index is 1.45. The number of nitrogens with one attached hydrogen (secondary N) is 1. The van der Waals surface area contributed by atoms with E-state index in [1.54, 1.807) is 17.0 Å². The number of benzene rings is 2. The van der Waals surface area contributed by atoms with E-state index in [1.807, 2.05) is 0 Å². The van der Waals surface area contributed by atoms with Crippen LogP contribution in [0.3, 0.4) is 0 Å². The van der Waals surface area contributed by atoms with Gasteiger partial charge in [0.15, 0.2) is 0 Å². The van der Waals surface area contributed by atoms with Crippen LogP contribution < -0.4 is 9.62 Å². The lowest BCUT2D eigenvalue weighted by atomic mass is 10.2. The van der Waals surface area contributed by atoms with Crippen molar-refractivity contribution in [3.05, 3.63) is 59.4 Å². The molecule has 2 aromatic carbocycles. The van der Waals surface area contributed by atoms with E-state index in [0.29, 0.717) is 31.2 Å². The van der Waals surface area contributed by atoms with E-state index in [4.69, 9.17) is 11.6 Å². The third kappa shape index (κ3) is 5.21. The van der Waals surface area contributed by atoms with Crippen LogP contribution in [0.1, 0.15) is 6.42 Å². The lowest BCUT2D eigenvalue weighted by Gasteiger charge is -2.36. The minimum atomic E-state index is -3.67. The number of carbonyl (C=O) groups is 1. The second-order valence-corrected chi connectivity index (χ2v) is 8.65. The summed E-state index contributed by atoms with van der Waals surface area (Å²) in [6, 6.07) is 12.1. The Morgan fingerprint density at radius 2 is 1.61 bits per heavy atom. The minimum Gasteiger partial charge on any atom is -0.368 e. The van der Waals surface area contributed by atoms with E-state index in [0.717, 1.165) is 5.69 Å². The third-order valence-corrected chi connectivity index (χ3v) is 6.31. The summed E-state index contributed by atoms with van der Waals surface area (Å²) < 4.78 is 39.9. The van der Waals surface area contributed by atoms with Crippen molar-refractivity contribution < 1.29 is 17.6 Å². The number of sulfonamides is 1. The molecule has 1 aliphatic rings. The summed E-state index contributed by atoms with van der Waals surface area (Å²) in [5.74, 6) is -0.379. The normalized spacial score (nSPS) is 14.9. The van der Waals surface area contributed by atoms with Crippen LogP contribution in [0.15, 0.2) is 53.4 Å². The number of hydrogen-bond acceptors (Lipinski definition) is 4. The summed E-state index contributed by atoms with van der Waals surface area (Å²) in [4.78, 5) is 16.3. The summed E-state index contributed by atoms with van der Waals surface area (Å²) in [7, 11) is -3.67. The van der Waals surface area contributed by atoms with E-state index in [9.17, 15) is 17.6 Å². The Hall–Kier alpha value is -2.16. The van der Waals surface area contributed by atoms with Crippen molar-refractivity contribution in [3.63, 3.8) is 0 Å². The first-order chi connectivity index (χ1) is 13.3. The number of carbonyl (C=O) groups excluding carboxylic acids is 1. The molecule has 0 unspecified atom stereocenters. The predicted octanol–water partition coefficient (Wildman–Crippen LogP) is 2.50. The summed E-state index contributed by atoms with van der Waals surface area (Å²) in [6.45, 7) is 2.41. The van der Waals surface area contributed by atoms with Crippen molar-refractivity contribution in [3.8, 4) is 0 Å². The number of rotatable bonds is 6. The molecule has 3 rings (SSSR count). The van der Waals surface area contributed by atoms with Crippen LogP contribution in [0.25, 0.3) is 0 Å². The summed E-state index contributed by atoms with van der Waals surface area (Å²) >= 11 is 5.76. The van der Waals surface area contributed by atoms with Gasteiger partial charge in [-0.05, 0) is 48.5 Å². The predicted molar refractivity (Wildman–Crippen MR) is 106 cm³/mol. The van der Waals surface area contributed by atoms with Gasteiger partial charge in [-0.15, -0.1) is 0 Å². The van der Waals surface area contributed by atoms with Gasteiger partial charge in [-0.3, -0.25) is 4.79 Å². The molecule has 1 aliphatic heterocycles. The highest BCUT2D eigenvalue weighted by atomic mass is 35.5. The molecule has 0 atom stereocenters. The maximum absolute atomic E-state index is 13.0. The highest BCUT2D eigenvalue weighted by Gasteiger charge is 2.22. The molecular formula is C19H21ClFN3O3S. The van der Waals surface area contributed by atoms with Crippen molar-refractivity contribution >= 4 is 33.2 Å². The zero-order valence-corrected chi connectivity index (χ0v) is 16.7. The molecule has 2 aromatic rings. The molecule has 1 heterocycles. The standard InChI is InChI=1S/C19H21ClFN3O3S/c20-15-1-7-18(8-2-15)28(26,27)22-10-9-19(25)24-13-11-23(12-14-24)17-5-3-16(21)4-6-17/h1-8,22H,9-14H2. The van der Waals surface area contributed by atoms with Crippen LogP contribution >= 0.6 is 11.6 Å². The van der Waals surface area contributed by atoms with E-state index < -0.39 is 10.0 Å². The molecule has 0 aromatic heterocycles. The Morgan fingerprint density at radius 1 is 1.00 bits per heavy atom. The number of hydrogen-bond donors (Lipinski definition) is 1. The smallest absolute Gasteiger partial charge is 0.240 e. The monoisotopic (exact) mass is 425 g/mol. The quantitative estimate of drug-likeness (QED) is 0.772. The molecule has 0 bridgehead atoms. The molecule has 9 heteroatoms. The third-order valence-electron chi connectivity index (χ3n) is 4.58. The van der Waals surface area contributed by atoms with Crippen molar-refractivity contribution in [1.82, 2.24) is 9.62 Å². The van der Waals surface area contributed by atoms with E-state index in [2.05, 4.69) is 9.62 Å². The van der Waals surface area contributed by atoms with Gasteiger partial charge in [0.1, 0.15) is 5.82 Å². The van der Waals surface area contributed by atoms with Crippen LogP contribution in [0.4, 0.5) is 10.1 Å². The average molecular weight is 426 g/mol. The van der Waals surface area contributed by atoms with E-state index in [1.165, 1.54) is 36.4 Å². The first-order valence-corrected chi connectivity index (χ1v) is 10.7. The summed E-state index contributed by atoms with van der Waals surface area (Å²) in [6.07, 6.45) is 0.0867. The maximum atomic E-state index is 13.0. The highest BCUT2D eigenvalue weighted by molar-refractivity contribution is 7.89. The topological polar surface area (TPSA) is 69.7 Å². The number of amides is 1. The molecule has 0 aliphatic carbocycles. The largest absolute Gasteiger partial charge is 0.368 e. The molecule has 1 fully saturated rings. The number of nitrogens with zero attached hydrogens (tertiary/aromatic N) is 2. The molecular weight excluding hydrogens is 405 g/mol. The van der Waals surface area contributed by atoms with Crippen LogP contribution in [0.5, 0.6) is 0 Å². The fourth-order valence-corrected chi connectivity index (χ4v) is 4.17. The van der Waals surface area contributed by atoms with Crippen molar-refractivity contribution in [2.24, 2.45) is 0 Å². The van der Waals surface area contributed by atoms with E-state index >= 15 is 0 Å². The molecule has 0 radical (unpaired) electrons. The van der Waals surface area contributed by atoms with Gasteiger partial charge < -0.3 is 9.80 Å². The van der Waals surface area contributed by atoms with Gasteiger partial charge >= 0.3 is 0 Å². The average Bonchev–Trinajstić information content (AvgIpc) is 2.69. The first-order valence-electron chi connectivity index (χ1n) is 8.89. The molecule has 0 spiro atoms. The Labute approximate surface area is 168 Å². The summed E-state index contributed by atoms with van der Waals surface area (Å²) in [5.41, 5.74) is 0.921. The van der Waals surface area contributed by atoms with Crippen LogP contribution in [-0.4, -0.2) is 51.9 Å².